The maximum Gasteiger partial charge on any atom is 0.260 e. The van der Waals surface area contributed by atoms with Gasteiger partial charge in [-0.15, -0.1) is 0 Å². The van der Waals surface area contributed by atoms with Crippen molar-refractivity contribution in [2.75, 3.05) is 37.7 Å². The maximum absolute atomic E-state index is 13.1. The molecule has 0 atom stereocenters. The van der Waals surface area contributed by atoms with Gasteiger partial charge in [-0.1, -0.05) is 19.0 Å². The summed E-state index contributed by atoms with van der Waals surface area (Å²) in [6.07, 6.45) is 0. The van der Waals surface area contributed by atoms with Crippen molar-refractivity contribution in [3.63, 3.8) is 0 Å². The van der Waals surface area contributed by atoms with Gasteiger partial charge in [0.25, 0.3) is 11.8 Å². The molecule has 2 aromatic carbocycles. The molecule has 3 aromatic rings. The number of nitrogens with zero attached hydrogens (tertiary/aromatic N) is 4. The van der Waals surface area contributed by atoms with E-state index in [0.29, 0.717) is 43.6 Å². The Labute approximate surface area is 180 Å². The van der Waals surface area contributed by atoms with Crippen LogP contribution in [0.4, 0.5) is 10.1 Å². The molecule has 0 spiro atoms. The molecule has 1 aliphatic rings. The number of amides is 1. The summed E-state index contributed by atoms with van der Waals surface area (Å²) in [7, 11) is 0. The molecule has 4 rings (SSSR count). The Morgan fingerprint density at radius 1 is 1.06 bits per heavy atom. The largest absolute Gasteiger partial charge is 0.484 e. The monoisotopic (exact) mass is 424 g/mol. The molecule has 0 bridgehead atoms. The summed E-state index contributed by atoms with van der Waals surface area (Å²) in [5.41, 5.74) is 1.77. The van der Waals surface area contributed by atoms with E-state index in [0.717, 1.165) is 11.3 Å². The highest BCUT2D eigenvalue weighted by Crippen LogP contribution is 2.23. The molecule has 7 nitrogen and oxygen atoms in total. The Balaban J connectivity index is 1.26. The summed E-state index contributed by atoms with van der Waals surface area (Å²) in [6, 6.07) is 13.7. The second-order valence-electron chi connectivity index (χ2n) is 7.77. The van der Waals surface area contributed by atoms with Gasteiger partial charge >= 0.3 is 0 Å². The van der Waals surface area contributed by atoms with E-state index in [-0.39, 0.29) is 24.2 Å². The van der Waals surface area contributed by atoms with E-state index in [1.165, 1.54) is 12.1 Å². The van der Waals surface area contributed by atoms with E-state index < -0.39 is 0 Å². The van der Waals surface area contributed by atoms with Gasteiger partial charge in [-0.25, -0.2) is 4.39 Å². The van der Waals surface area contributed by atoms with E-state index in [2.05, 4.69) is 15.0 Å². The van der Waals surface area contributed by atoms with Gasteiger partial charge in [-0.3, -0.25) is 4.79 Å². The lowest BCUT2D eigenvalue weighted by Gasteiger charge is -2.36. The van der Waals surface area contributed by atoms with Crippen molar-refractivity contribution in [3.05, 3.63) is 60.2 Å². The van der Waals surface area contributed by atoms with Crippen molar-refractivity contribution in [1.29, 1.82) is 0 Å². The minimum atomic E-state index is -0.250. The number of carbonyl (C=O) groups is 1. The normalized spacial score (nSPS) is 14.2. The van der Waals surface area contributed by atoms with Crippen LogP contribution in [0.1, 0.15) is 25.6 Å². The third-order valence-electron chi connectivity index (χ3n) is 5.25. The second-order valence-corrected chi connectivity index (χ2v) is 7.77. The molecule has 1 aliphatic heterocycles. The third-order valence-corrected chi connectivity index (χ3v) is 5.25. The topological polar surface area (TPSA) is 71.7 Å². The number of benzene rings is 2. The highest BCUT2D eigenvalue weighted by atomic mass is 19.1. The van der Waals surface area contributed by atoms with Crippen LogP contribution in [0.25, 0.3) is 11.5 Å². The van der Waals surface area contributed by atoms with E-state index in [1.807, 2.05) is 26.0 Å². The van der Waals surface area contributed by atoms with Crippen LogP contribution in [0.5, 0.6) is 5.75 Å². The van der Waals surface area contributed by atoms with Crippen LogP contribution in [0.15, 0.2) is 53.1 Å². The van der Waals surface area contributed by atoms with Crippen LogP contribution < -0.4 is 9.64 Å². The van der Waals surface area contributed by atoms with E-state index >= 15 is 0 Å². The molecular formula is C23H25FN4O3. The first-order chi connectivity index (χ1) is 15.0. The minimum Gasteiger partial charge on any atom is -0.484 e. The zero-order chi connectivity index (χ0) is 21.8. The number of anilines is 1. The van der Waals surface area contributed by atoms with Gasteiger partial charge in [0, 0.05) is 43.3 Å². The summed E-state index contributed by atoms with van der Waals surface area (Å²) in [4.78, 5) is 20.8. The van der Waals surface area contributed by atoms with Crippen LogP contribution >= 0.6 is 0 Å². The second kappa shape index (κ2) is 9.16. The number of rotatable bonds is 6. The Kier molecular flexibility index (Phi) is 6.16. The maximum atomic E-state index is 13.1. The lowest BCUT2D eigenvalue weighted by Crippen LogP contribution is -2.50. The fraction of sp³-hybridized carbons (Fsp3) is 0.348. The van der Waals surface area contributed by atoms with Crippen LogP contribution in [0, 0.1) is 5.82 Å². The van der Waals surface area contributed by atoms with Gasteiger partial charge < -0.3 is 19.1 Å². The average molecular weight is 424 g/mol. The van der Waals surface area contributed by atoms with Crippen LogP contribution in [0.2, 0.25) is 0 Å². The Morgan fingerprint density at radius 3 is 2.35 bits per heavy atom. The molecule has 162 valence electrons. The molecule has 0 aliphatic carbocycles. The van der Waals surface area contributed by atoms with Gasteiger partial charge in [0.15, 0.2) is 12.4 Å². The highest BCUT2D eigenvalue weighted by Gasteiger charge is 2.21. The average Bonchev–Trinajstić information content (AvgIpc) is 3.29. The first-order valence-electron chi connectivity index (χ1n) is 10.3. The molecule has 31 heavy (non-hydrogen) atoms. The number of hydrogen-bond donors (Lipinski definition) is 0. The quantitative estimate of drug-likeness (QED) is 0.601. The highest BCUT2D eigenvalue weighted by molar-refractivity contribution is 5.78. The molecule has 0 radical (unpaired) electrons. The molecule has 1 fully saturated rings. The van der Waals surface area contributed by atoms with E-state index in [9.17, 15) is 9.18 Å². The van der Waals surface area contributed by atoms with Gasteiger partial charge in [0.1, 0.15) is 11.6 Å². The molecule has 8 heteroatoms. The molecule has 1 saturated heterocycles. The molecule has 1 aromatic heterocycles. The van der Waals surface area contributed by atoms with Gasteiger partial charge in [-0.2, -0.15) is 4.98 Å². The Hall–Kier alpha value is -3.42. The molecular weight excluding hydrogens is 399 g/mol. The summed E-state index contributed by atoms with van der Waals surface area (Å²) < 4.78 is 24.0. The smallest absolute Gasteiger partial charge is 0.260 e. The first kappa shape index (κ1) is 20.8. The van der Waals surface area contributed by atoms with Crippen LogP contribution in [0.3, 0.4) is 0 Å². The van der Waals surface area contributed by atoms with Crippen molar-refractivity contribution in [1.82, 2.24) is 15.0 Å². The van der Waals surface area contributed by atoms with Gasteiger partial charge in [-0.05, 0) is 48.5 Å². The number of halogens is 1. The molecule has 0 unspecified atom stereocenters. The molecule has 0 N–H and O–H groups in total. The molecule has 0 saturated carbocycles. The lowest BCUT2D eigenvalue weighted by molar-refractivity contribution is -0.133. The zero-order valence-electron chi connectivity index (χ0n) is 17.6. The summed E-state index contributed by atoms with van der Waals surface area (Å²) in [5.74, 6) is 1.63. The third kappa shape index (κ3) is 5.02. The number of piperazine rings is 1. The number of aromatic nitrogens is 2. The summed E-state index contributed by atoms with van der Waals surface area (Å²) in [5, 5.41) is 3.97. The summed E-state index contributed by atoms with van der Waals surface area (Å²) in [6.45, 7) is 6.61. The Morgan fingerprint density at radius 2 is 1.74 bits per heavy atom. The minimum absolute atomic E-state index is 0.0199. The summed E-state index contributed by atoms with van der Waals surface area (Å²) >= 11 is 0. The van der Waals surface area contributed by atoms with E-state index in [4.69, 9.17) is 9.26 Å². The zero-order valence-corrected chi connectivity index (χ0v) is 17.6. The molecule has 2 heterocycles. The number of carbonyl (C=O) groups excluding carboxylic acids is 1. The predicted octanol–water partition coefficient (Wildman–Crippen LogP) is 3.73. The van der Waals surface area contributed by atoms with E-state index in [1.54, 1.807) is 29.2 Å². The van der Waals surface area contributed by atoms with Crippen molar-refractivity contribution in [2.24, 2.45) is 0 Å². The van der Waals surface area contributed by atoms with Crippen LogP contribution in [-0.4, -0.2) is 53.7 Å². The first-order valence-corrected chi connectivity index (χ1v) is 10.3. The SMILES string of the molecule is CC(C)c1noc(-c2ccc(OCC(=O)N3CCN(c4ccc(F)cc4)CC3)cc2)n1. The predicted molar refractivity (Wildman–Crippen MR) is 115 cm³/mol. The van der Waals surface area contributed by atoms with Gasteiger partial charge in [0.05, 0.1) is 0 Å². The standard InChI is InChI=1S/C23H25FN4O3/c1-16(2)22-25-23(31-26-22)17-3-9-20(10-4-17)30-15-21(29)28-13-11-27(12-14-28)19-7-5-18(24)6-8-19/h3-10,16H,11-15H2,1-2H3. The van der Waals surface area contributed by atoms with Crippen molar-refractivity contribution < 1.29 is 18.4 Å². The number of ether oxygens (including phenoxy) is 1. The van der Waals surface area contributed by atoms with Crippen molar-refractivity contribution in [3.8, 4) is 17.2 Å². The fourth-order valence-electron chi connectivity index (χ4n) is 3.38. The molecule has 1 amide bonds. The van der Waals surface area contributed by atoms with Crippen LogP contribution in [-0.2, 0) is 4.79 Å². The van der Waals surface area contributed by atoms with Crippen molar-refractivity contribution in [2.45, 2.75) is 19.8 Å². The van der Waals surface area contributed by atoms with Gasteiger partial charge in [0.2, 0.25) is 0 Å². The Bertz CT molecular complexity index is 1010. The number of hydrogen-bond acceptors (Lipinski definition) is 6. The lowest BCUT2D eigenvalue weighted by atomic mass is 10.2. The van der Waals surface area contributed by atoms with Crippen molar-refractivity contribution >= 4 is 11.6 Å². The fourth-order valence-corrected chi connectivity index (χ4v) is 3.38.